The quantitative estimate of drug-likeness (QED) is 0.227. The summed E-state index contributed by atoms with van der Waals surface area (Å²) in [6.45, 7) is 11.3. The SMILES string of the molecule is Cc1ccc(S(=O)(=O)O[C@@H]2[C@@H]3O[C@@H]3[C@H](OCC34CC5C(C)CCC5C5(C6OCCO6)CC3C=C(C(C)C)C45C(=O)O)O[C@@H]2C)cc1. The molecule has 12 atom stereocenters. The second-order valence-corrected chi connectivity index (χ2v) is 16.9. The van der Waals surface area contributed by atoms with E-state index in [-0.39, 0.29) is 29.3 Å². The summed E-state index contributed by atoms with van der Waals surface area (Å²) in [7, 11) is -4.03. The van der Waals surface area contributed by atoms with Crippen LogP contribution in [-0.2, 0) is 42.8 Å². The highest BCUT2D eigenvalue weighted by Crippen LogP contribution is 2.84. The van der Waals surface area contributed by atoms with Crippen molar-refractivity contribution in [2.45, 2.75) is 102 Å². The fraction of sp³-hybridized carbons (Fsp3) is 0.743. The van der Waals surface area contributed by atoms with Crippen LogP contribution >= 0.6 is 0 Å². The van der Waals surface area contributed by atoms with Gasteiger partial charge in [0, 0.05) is 10.8 Å². The zero-order chi connectivity index (χ0) is 32.4. The van der Waals surface area contributed by atoms with Gasteiger partial charge >= 0.3 is 5.97 Å². The van der Waals surface area contributed by atoms with Crippen molar-refractivity contribution in [1.29, 1.82) is 0 Å². The summed E-state index contributed by atoms with van der Waals surface area (Å²) in [4.78, 5) is 14.2. The fourth-order valence-electron chi connectivity index (χ4n) is 11.2. The number of hydrogen-bond donors (Lipinski definition) is 1. The Labute approximate surface area is 271 Å². The number of ether oxygens (including phenoxy) is 5. The van der Waals surface area contributed by atoms with Crippen LogP contribution in [0.1, 0.15) is 58.9 Å². The van der Waals surface area contributed by atoms with Crippen molar-refractivity contribution in [3.63, 3.8) is 0 Å². The number of benzene rings is 1. The van der Waals surface area contributed by atoms with E-state index in [4.69, 9.17) is 27.9 Å². The molecule has 7 unspecified atom stereocenters. The number of carbonyl (C=O) groups is 1. The third kappa shape index (κ3) is 4.02. The minimum Gasteiger partial charge on any atom is -0.481 e. The molecule has 0 radical (unpaired) electrons. The Morgan fingerprint density at radius 2 is 1.76 bits per heavy atom. The first-order valence-corrected chi connectivity index (χ1v) is 18.4. The van der Waals surface area contributed by atoms with Crippen LogP contribution in [0.25, 0.3) is 0 Å². The van der Waals surface area contributed by atoms with Gasteiger partial charge in [-0.15, -0.1) is 0 Å². The van der Waals surface area contributed by atoms with Crippen LogP contribution in [-0.4, -0.2) is 76.3 Å². The molecule has 10 nitrogen and oxygen atoms in total. The van der Waals surface area contributed by atoms with E-state index in [1.165, 1.54) is 12.1 Å². The van der Waals surface area contributed by atoms with E-state index in [9.17, 15) is 18.3 Å². The first-order chi connectivity index (χ1) is 21.9. The molecule has 4 aliphatic carbocycles. The largest absolute Gasteiger partial charge is 0.481 e. The van der Waals surface area contributed by atoms with Crippen LogP contribution in [0, 0.1) is 52.8 Å². The van der Waals surface area contributed by atoms with Gasteiger partial charge in [0.15, 0.2) is 12.6 Å². The second-order valence-electron chi connectivity index (χ2n) is 15.4. The van der Waals surface area contributed by atoms with Gasteiger partial charge in [0.2, 0.25) is 0 Å². The molecule has 6 fully saturated rings. The standard InChI is InChI=1S/C35H46O10S/c1-18(2)26-14-22-15-34(32-40-12-13-41-32)25-11-8-20(4)24(25)16-33(22,35(26,34)31(36)37)17-42-30-29-28(44-29)27(21(5)43-30)45-46(38,39)23-9-6-19(3)7-10-23/h6-7,9-10,14,18,20-22,24-25,27-30,32H,8,11-13,15-17H2,1-5H3,(H,36,37)/t20?,21-,22?,24?,25?,27+,28+,29+,30-,33?,34?,35?/m1/s1. The summed E-state index contributed by atoms with van der Waals surface area (Å²) in [6, 6.07) is 6.53. The summed E-state index contributed by atoms with van der Waals surface area (Å²) >= 11 is 0. The predicted octanol–water partition coefficient (Wildman–Crippen LogP) is 4.70. The molecule has 3 saturated carbocycles. The summed E-state index contributed by atoms with van der Waals surface area (Å²) in [6.07, 6.45) is 1.96. The lowest BCUT2D eigenvalue weighted by Crippen LogP contribution is -2.66. The van der Waals surface area contributed by atoms with Gasteiger partial charge in [0.05, 0.1) is 30.8 Å². The predicted molar refractivity (Wildman–Crippen MR) is 164 cm³/mol. The number of allylic oxidation sites excluding steroid dienone is 1. The lowest BCUT2D eigenvalue weighted by Gasteiger charge is -2.61. The first kappa shape index (κ1) is 31.4. The topological polar surface area (TPSA) is 130 Å². The van der Waals surface area contributed by atoms with Crippen molar-refractivity contribution in [2.24, 2.45) is 45.8 Å². The summed E-state index contributed by atoms with van der Waals surface area (Å²) in [5, 5.41) is 11.5. The molecule has 0 spiro atoms. The molecule has 1 N–H and O–H groups in total. The van der Waals surface area contributed by atoms with Crippen molar-refractivity contribution in [2.75, 3.05) is 19.8 Å². The van der Waals surface area contributed by atoms with Gasteiger partial charge < -0.3 is 28.8 Å². The van der Waals surface area contributed by atoms with Gasteiger partial charge in [-0.3, -0.25) is 8.98 Å². The molecule has 3 saturated heterocycles. The highest BCUT2D eigenvalue weighted by molar-refractivity contribution is 7.86. The molecule has 1 aromatic rings. The van der Waals surface area contributed by atoms with Crippen LogP contribution in [0.4, 0.5) is 0 Å². The number of hydrogen-bond acceptors (Lipinski definition) is 9. The van der Waals surface area contributed by atoms with Crippen molar-refractivity contribution < 1.29 is 46.2 Å². The third-order valence-corrected chi connectivity index (χ3v) is 14.3. The molecule has 4 bridgehead atoms. The van der Waals surface area contributed by atoms with Gasteiger partial charge in [-0.1, -0.05) is 56.5 Å². The minimum absolute atomic E-state index is 0.000679. The summed E-state index contributed by atoms with van der Waals surface area (Å²) in [5.41, 5.74) is -0.659. The Morgan fingerprint density at radius 3 is 2.43 bits per heavy atom. The number of aryl methyl sites for hydroxylation is 1. The Morgan fingerprint density at radius 1 is 1.04 bits per heavy atom. The first-order valence-electron chi connectivity index (χ1n) is 17.0. The summed E-state index contributed by atoms with van der Waals surface area (Å²) in [5.74, 6) is 0.229. The molecule has 8 rings (SSSR count). The van der Waals surface area contributed by atoms with E-state index in [0.717, 1.165) is 30.4 Å². The Bertz CT molecular complexity index is 1530. The van der Waals surface area contributed by atoms with Crippen molar-refractivity contribution >= 4 is 16.1 Å². The zero-order valence-corrected chi connectivity index (χ0v) is 28.0. The maximum absolute atomic E-state index is 14.1. The number of rotatable bonds is 9. The molecule has 46 heavy (non-hydrogen) atoms. The molecule has 1 aromatic carbocycles. The fourth-order valence-corrected chi connectivity index (χ4v) is 12.3. The van der Waals surface area contributed by atoms with E-state index in [1.54, 1.807) is 19.1 Å². The van der Waals surface area contributed by atoms with E-state index in [1.807, 2.05) is 6.92 Å². The third-order valence-electron chi connectivity index (χ3n) is 13.0. The maximum Gasteiger partial charge on any atom is 0.315 e. The van der Waals surface area contributed by atoms with Gasteiger partial charge in [0.1, 0.15) is 23.7 Å². The van der Waals surface area contributed by atoms with E-state index >= 15 is 0 Å². The van der Waals surface area contributed by atoms with Crippen molar-refractivity contribution in [3.05, 3.63) is 41.5 Å². The monoisotopic (exact) mass is 658 g/mol. The van der Waals surface area contributed by atoms with Crippen LogP contribution in [0.2, 0.25) is 0 Å². The summed E-state index contributed by atoms with van der Waals surface area (Å²) < 4.78 is 63.5. The van der Waals surface area contributed by atoms with Crippen molar-refractivity contribution in [3.8, 4) is 0 Å². The Hall–Kier alpha value is -1.86. The molecule has 7 aliphatic rings. The van der Waals surface area contributed by atoms with Gasteiger partial charge in [-0.05, 0) is 74.8 Å². The van der Waals surface area contributed by atoms with E-state index in [2.05, 4.69) is 26.8 Å². The number of fused-ring (bicyclic) bond motifs is 3. The number of epoxide rings is 1. The number of aliphatic carboxylic acids is 1. The number of carboxylic acid groups (broad SMARTS) is 1. The van der Waals surface area contributed by atoms with E-state index in [0.29, 0.717) is 31.5 Å². The smallest absolute Gasteiger partial charge is 0.315 e. The lowest BCUT2D eigenvalue weighted by atomic mass is 9.42. The number of carboxylic acids is 1. The molecule has 0 aromatic heterocycles. The molecular formula is C35H46O10S. The molecule has 252 valence electrons. The van der Waals surface area contributed by atoms with Gasteiger partial charge in [0.25, 0.3) is 10.1 Å². The van der Waals surface area contributed by atoms with E-state index < -0.39 is 69.3 Å². The molecule has 0 amide bonds. The molecule has 11 heteroatoms. The van der Waals surface area contributed by atoms with Crippen LogP contribution in [0.5, 0.6) is 0 Å². The molecule has 3 heterocycles. The Balaban J connectivity index is 1.09. The maximum atomic E-state index is 14.1. The van der Waals surface area contributed by atoms with Crippen molar-refractivity contribution in [1.82, 2.24) is 0 Å². The average Bonchev–Trinajstić information content (AvgIpc) is 3.27. The normalized spacial score (nSPS) is 46.0. The van der Waals surface area contributed by atoms with Crippen LogP contribution in [0.3, 0.4) is 0 Å². The van der Waals surface area contributed by atoms with Gasteiger partial charge in [-0.2, -0.15) is 8.42 Å². The van der Waals surface area contributed by atoms with Crippen LogP contribution < -0.4 is 0 Å². The average molecular weight is 659 g/mol. The molecule has 3 aliphatic heterocycles. The molecular weight excluding hydrogens is 612 g/mol. The highest BCUT2D eigenvalue weighted by atomic mass is 32.2. The Kier molecular flexibility index (Phi) is 7.22. The zero-order valence-electron chi connectivity index (χ0n) is 27.2. The highest BCUT2D eigenvalue weighted by Gasteiger charge is 2.86. The second kappa shape index (κ2) is 10.6. The van der Waals surface area contributed by atoms with Crippen LogP contribution in [0.15, 0.2) is 40.8 Å². The lowest BCUT2D eigenvalue weighted by molar-refractivity contribution is -0.261. The minimum atomic E-state index is -4.03. The van der Waals surface area contributed by atoms with Gasteiger partial charge in [-0.25, -0.2) is 0 Å².